The highest BCUT2D eigenvalue weighted by molar-refractivity contribution is 6.03. The van der Waals surface area contributed by atoms with Gasteiger partial charge in [-0.25, -0.2) is 0 Å². The third-order valence-corrected chi connectivity index (χ3v) is 5.09. The van der Waals surface area contributed by atoms with Crippen molar-refractivity contribution in [2.45, 2.75) is 39.0 Å². The molecule has 1 aromatic heterocycles. The van der Waals surface area contributed by atoms with Crippen molar-refractivity contribution < 1.29 is 23.4 Å². The van der Waals surface area contributed by atoms with Crippen molar-refractivity contribution in [1.29, 1.82) is 0 Å². The summed E-state index contributed by atoms with van der Waals surface area (Å²) in [5.41, 5.74) is 1.00. The van der Waals surface area contributed by atoms with Gasteiger partial charge in [-0.05, 0) is 32.0 Å². The summed E-state index contributed by atoms with van der Waals surface area (Å²) in [6, 6.07) is 1.78. The number of furan rings is 1. The summed E-state index contributed by atoms with van der Waals surface area (Å²) in [7, 11) is 3.12. The first-order valence-corrected chi connectivity index (χ1v) is 9.93. The smallest absolute Gasteiger partial charge is 0.221 e. The van der Waals surface area contributed by atoms with Crippen LogP contribution in [0.3, 0.4) is 0 Å². The number of ether oxygens (including phenoxy) is 3. The number of hydrogen-bond donors (Lipinski definition) is 1. The van der Waals surface area contributed by atoms with Crippen molar-refractivity contribution in [1.82, 2.24) is 4.90 Å². The Labute approximate surface area is 178 Å². The molecular formula is C21H31ClN2O5. The van der Waals surface area contributed by atoms with Gasteiger partial charge in [0.1, 0.15) is 12.3 Å². The van der Waals surface area contributed by atoms with Crippen molar-refractivity contribution in [2.75, 3.05) is 45.8 Å². The van der Waals surface area contributed by atoms with E-state index in [1.165, 1.54) is 39.0 Å². The molecule has 2 heterocycles. The molecule has 0 aliphatic carbocycles. The number of carbonyl (C=O) groups is 1. The van der Waals surface area contributed by atoms with Crippen molar-refractivity contribution in [3.8, 4) is 17.2 Å². The van der Waals surface area contributed by atoms with E-state index in [2.05, 4.69) is 10.2 Å². The van der Waals surface area contributed by atoms with Crippen LogP contribution in [0.5, 0.6) is 17.2 Å². The molecule has 1 N–H and O–H groups in total. The van der Waals surface area contributed by atoms with Gasteiger partial charge in [0.15, 0.2) is 17.1 Å². The average Bonchev–Trinajstić information content (AvgIpc) is 3.12. The summed E-state index contributed by atoms with van der Waals surface area (Å²) in [5.74, 6) is 1.18. The lowest BCUT2D eigenvalue weighted by molar-refractivity contribution is -0.114. The first-order valence-electron chi connectivity index (χ1n) is 9.93. The van der Waals surface area contributed by atoms with Crippen LogP contribution in [0.25, 0.3) is 11.0 Å². The maximum absolute atomic E-state index is 11.8. The van der Waals surface area contributed by atoms with Crippen LogP contribution in [0, 0.1) is 0 Å². The molecule has 0 radical (unpaired) electrons. The lowest BCUT2D eigenvalue weighted by atomic mass is 10.1. The van der Waals surface area contributed by atoms with Gasteiger partial charge in [0, 0.05) is 13.5 Å². The maximum Gasteiger partial charge on any atom is 0.221 e. The molecule has 1 fully saturated rings. The van der Waals surface area contributed by atoms with Gasteiger partial charge >= 0.3 is 0 Å². The molecule has 7 nitrogen and oxygen atoms in total. The average molecular weight is 427 g/mol. The molecule has 1 aliphatic heterocycles. The standard InChI is InChI=1S/C21H30N2O5.ClH/c1-15(24)22-17-18(25-2)16-9-13-27-19(16)21(26-3)20(17)28-14-12-23-10-7-5-4-6-8-11-23;/h9,13H,4-8,10-12,14H2,1-3H3,(H,22,24);1H. The fourth-order valence-electron chi connectivity index (χ4n) is 3.76. The van der Waals surface area contributed by atoms with E-state index in [1.807, 2.05) is 0 Å². The lowest BCUT2D eigenvalue weighted by Crippen LogP contribution is -2.31. The van der Waals surface area contributed by atoms with Gasteiger partial charge in [0.2, 0.25) is 11.7 Å². The second-order valence-electron chi connectivity index (χ2n) is 7.07. The molecule has 0 bridgehead atoms. The number of amides is 1. The Morgan fingerprint density at radius 1 is 1.07 bits per heavy atom. The minimum absolute atomic E-state index is 0. The topological polar surface area (TPSA) is 73.2 Å². The molecule has 0 saturated carbocycles. The molecule has 1 saturated heterocycles. The van der Waals surface area contributed by atoms with Gasteiger partial charge in [0.05, 0.1) is 25.9 Å². The van der Waals surface area contributed by atoms with E-state index in [-0.39, 0.29) is 18.3 Å². The Hall–Kier alpha value is -2.12. The SMILES string of the molecule is COc1c(NC(C)=O)c(OCCN2CCCCCCC2)c(OC)c2occc12.Cl. The Morgan fingerprint density at radius 2 is 1.72 bits per heavy atom. The van der Waals surface area contributed by atoms with E-state index >= 15 is 0 Å². The quantitative estimate of drug-likeness (QED) is 0.703. The first-order chi connectivity index (χ1) is 13.7. The van der Waals surface area contributed by atoms with Crippen LogP contribution in [0.2, 0.25) is 0 Å². The lowest BCUT2D eigenvalue weighted by Gasteiger charge is -2.25. The van der Waals surface area contributed by atoms with Gasteiger partial charge < -0.3 is 23.9 Å². The molecule has 29 heavy (non-hydrogen) atoms. The van der Waals surface area contributed by atoms with Crippen LogP contribution in [-0.4, -0.2) is 51.3 Å². The molecule has 1 aliphatic rings. The van der Waals surface area contributed by atoms with Gasteiger partial charge in [-0.15, -0.1) is 12.4 Å². The molecule has 0 spiro atoms. The number of likely N-dealkylation sites (tertiary alicyclic amines) is 1. The number of rotatable bonds is 7. The predicted octanol–water partition coefficient (Wildman–Crippen LogP) is 4.48. The summed E-state index contributed by atoms with van der Waals surface area (Å²) < 4.78 is 22.9. The minimum atomic E-state index is -0.211. The second kappa shape index (κ2) is 11.2. The van der Waals surface area contributed by atoms with Gasteiger partial charge in [-0.3, -0.25) is 9.69 Å². The Bertz CT molecular complexity index is 800. The highest BCUT2D eigenvalue weighted by Gasteiger charge is 2.25. The second-order valence-corrected chi connectivity index (χ2v) is 7.07. The predicted molar refractivity (Wildman–Crippen MR) is 116 cm³/mol. The Kier molecular flexibility index (Phi) is 8.92. The molecular weight excluding hydrogens is 396 g/mol. The Balaban J connectivity index is 0.00000300. The van der Waals surface area contributed by atoms with E-state index in [0.29, 0.717) is 35.1 Å². The van der Waals surface area contributed by atoms with E-state index in [4.69, 9.17) is 18.6 Å². The summed E-state index contributed by atoms with van der Waals surface area (Å²) in [5, 5.41) is 3.55. The monoisotopic (exact) mass is 426 g/mol. The number of nitrogens with one attached hydrogen (secondary N) is 1. The molecule has 1 amide bonds. The third-order valence-electron chi connectivity index (χ3n) is 5.09. The van der Waals surface area contributed by atoms with E-state index < -0.39 is 0 Å². The summed E-state index contributed by atoms with van der Waals surface area (Å²) in [6.45, 7) is 4.95. The highest BCUT2D eigenvalue weighted by Crippen LogP contribution is 2.49. The zero-order valence-corrected chi connectivity index (χ0v) is 18.2. The number of nitrogens with zero attached hydrogens (tertiary/aromatic N) is 1. The number of hydrogen-bond acceptors (Lipinski definition) is 6. The van der Waals surface area contributed by atoms with Crippen LogP contribution in [0.1, 0.15) is 39.0 Å². The number of fused-ring (bicyclic) bond motifs is 1. The molecule has 0 unspecified atom stereocenters. The first kappa shape index (κ1) is 23.2. The van der Waals surface area contributed by atoms with E-state index in [1.54, 1.807) is 26.5 Å². The molecule has 3 rings (SSSR count). The van der Waals surface area contributed by atoms with Crippen LogP contribution in [0.15, 0.2) is 16.7 Å². The summed E-state index contributed by atoms with van der Waals surface area (Å²) in [4.78, 5) is 14.2. The van der Waals surface area contributed by atoms with Gasteiger partial charge in [0.25, 0.3) is 0 Å². The fraction of sp³-hybridized carbons (Fsp3) is 0.571. The van der Waals surface area contributed by atoms with Gasteiger partial charge in [-0.1, -0.05) is 19.3 Å². The number of anilines is 1. The van der Waals surface area contributed by atoms with Crippen molar-refractivity contribution in [2.24, 2.45) is 0 Å². The molecule has 8 heteroatoms. The number of benzene rings is 1. The molecule has 162 valence electrons. The number of halogens is 1. The van der Waals surface area contributed by atoms with E-state index in [0.717, 1.165) is 25.0 Å². The highest BCUT2D eigenvalue weighted by atomic mass is 35.5. The zero-order valence-electron chi connectivity index (χ0n) is 17.4. The van der Waals surface area contributed by atoms with Crippen molar-refractivity contribution >= 4 is 35.0 Å². The van der Waals surface area contributed by atoms with E-state index in [9.17, 15) is 4.79 Å². The largest absolute Gasteiger partial charge is 0.494 e. The Morgan fingerprint density at radius 3 is 2.34 bits per heavy atom. The van der Waals surface area contributed by atoms with Crippen molar-refractivity contribution in [3.05, 3.63) is 12.3 Å². The molecule has 0 atom stereocenters. The normalized spacial score (nSPS) is 15.1. The van der Waals surface area contributed by atoms with Crippen molar-refractivity contribution in [3.63, 3.8) is 0 Å². The summed E-state index contributed by atoms with van der Waals surface area (Å²) >= 11 is 0. The number of methoxy groups -OCH3 is 2. The van der Waals surface area contributed by atoms with Crippen LogP contribution < -0.4 is 19.5 Å². The third kappa shape index (κ3) is 5.48. The van der Waals surface area contributed by atoms with Crippen LogP contribution in [0.4, 0.5) is 5.69 Å². The minimum Gasteiger partial charge on any atom is -0.494 e. The maximum atomic E-state index is 11.8. The van der Waals surface area contributed by atoms with Gasteiger partial charge in [-0.2, -0.15) is 0 Å². The zero-order chi connectivity index (χ0) is 19.9. The summed E-state index contributed by atoms with van der Waals surface area (Å²) in [6.07, 6.45) is 7.95. The van der Waals surface area contributed by atoms with Crippen LogP contribution in [-0.2, 0) is 4.79 Å². The van der Waals surface area contributed by atoms with Crippen LogP contribution >= 0.6 is 12.4 Å². The number of carbonyl (C=O) groups excluding carboxylic acids is 1. The molecule has 2 aromatic rings. The molecule has 1 aromatic carbocycles. The fourth-order valence-corrected chi connectivity index (χ4v) is 3.76.